The van der Waals surface area contributed by atoms with Gasteiger partial charge in [0.25, 0.3) is 0 Å². The number of hydrogen-bond acceptors (Lipinski definition) is 18. The van der Waals surface area contributed by atoms with Gasteiger partial charge >= 0.3 is 0 Å². The lowest BCUT2D eigenvalue weighted by Gasteiger charge is -2.36. The average molecular weight is 1080 g/mol. The van der Waals surface area contributed by atoms with Gasteiger partial charge in [-0.1, -0.05) is 109 Å². The van der Waals surface area contributed by atoms with E-state index in [0.29, 0.717) is 0 Å². The summed E-state index contributed by atoms with van der Waals surface area (Å²) in [5.74, 6) is 0. The number of nitrogens with zero attached hydrogens (tertiary/aromatic N) is 4. The van der Waals surface area contributed by atoms with E-state index in [2.05, 4.69) is 30.6 Å². The molecule has 0 spiro atoms. The van der Waals surface area contributed by atoms with Crippen LogP contribution in [0, 0.1) is 0 Å². The van der Waals surface area contributed by atoms with Crippen molar-refractivity contribution < 1.29 is 50.5 Å². The maximum absolute atomic E-state index is 14.9. The normalized spacial score (nSPS) is 15.6. The Balaban J connectivity index is 1.41. The van der Waals surface area contributed by atoms with Gasteiger partial charge in [-0.25, -0.2) is 70.4 Å². The molecule has 1 aliphatic rings. The molecule has 2 unspecified atom stereocenters. The summed E-state index contributed by atoms with van der Waals surface area (Å²) in [6.45, 7) is 0. The van der Waals surface area contributed by atoms with Crippen molar-refractivity contribution in [3.63, 3.8) is 0 Å². The molecule has 7 aromatic carbocycles. The van der Waals surface area contributed by atoms with Crippen LogP contribution in [0.1, 0.15) is 0 Å². The van der Waals surface area contributed by atoms with Crippen molar-refractivity contribution in [3.05, 3.63) is 182 Å². The molecule has 3 heterocycles. The Bertz CT molecular complexity index is 4060. The fourth-order valence-corrected chi connectivity index (χ4v) is 18.1. The molecular weight excluding hydrogens is 1040 g/mol. The van der Waals surface area contributed by atoms with Crippen LogP contribution in [0.2, 0.25) is 0 Å². The Morgan fingerprint density at radius 1 is 0.264 bits per heavy atom. The quantitative estimate of drug-likeness (QED) is 0.126. The van der Waals surface area contributed by atoms with Crippen LogP contribution in [0.5, 0.6) is 0 Å². The summed E-state index contributed by atoms with van der Waals surface area (Å²) in [5.41, 5.74) is -3.91. The van der Waals surface area contributed by atoms with E-state index in [1.54, 1.807) is 0 Å². The number of rotatable bonds is 12. The molecule has 72 heavy (non-hydrogen) atoms. The molecule has 1 aliphatic heterocycles. The van der Waals surface area contributed by atoms with Crippen molar-refractivity contribution >= 4 is 92.5 Å². The summed E-state index contributed by atoms with van der Waals surface area (Å²) in [5, 5.41) is -3.70. The maximum atomic E-state index is 14.9. The zero-order valence-corrected chi connectivity index (χ0v) is 41.5. The maximum Gasteiger partial charge on any atom is 0.226 e. The fourth-order valence-electron chi connectivity index (χ4n) is 7.98. The summed E-state index contributed by atoms with van der Waals surface area (Å²) < 4.78 is 178. The van der Waals surface area contributed by atoms with Crippen molar-refractivity contribution in [2.45, 2.75) is 60.2 Å². The first-order chi connectivity index (χ1) is 34.3. The first-order valence-electron chi connectivity index (χ1n) is 21.2. The fraction of sp³-hybridized carbons (Fsp3) is 0.0417. The van der Waals surface area contributed by atoms with Crippen molar-refractivity contribution in [3.8, 4) is 0 Å². The summed E-state index contributed by atoms with van der Waals surface area (Å²) >= 11 is 0. The highest BCUT2D eigenvalue weighted by Crippen LogP contribution is 2.46. The molecule has 0 saturated carbocycles. The zero-order valence-electron chi connectivity index (χ0n) is 36.6. The van der Waals surface area contributed by atoms with E-state index in [4.69, 9.17) is 0 Å². The third-order valence-corrected chi connectivity index (χ3v) is 22.7. The van der Waals surface area contributed by atoms with Gasteiger partial charge in [-0.15, -0.1) is 0 Å². The van der Waals surface area contributed by atoms with E-state index < -0.39 is 143 Å². The lowest BCUT2D eigenvalue weighted by atomic mass is 10.1. The molecule has 2 aromatic heterocycles. The van der Waals surface area contributed by atoms with Crippen LogP contribution in [0.25, 0.3) is 22.1 Å². The molecule has 2 atom stereocenters. The van der Waals surface area contributed by atoms with Crippen LogP contribution < -0.4 is 10.6 Å². The summed E-state index contributed by atoms with van der Waals surface area (Å²) in [4.78, 5) is 15.3. The predicted octanol–water partition coefficient (Wildman–Crippen LogP) is 6.34. The van der Waals surface area contributed by atoms with E-state index in [9.17, 15) is 50.5 Å². The Morgan fingerprint density at radius 3 is 0.681 bits per heavy atom. The third kappa shape index (κ3) is 7.95. The third-order valence-electron chi connectivity index (χ3n) is 11.5. The molecule has 0 bridgehead atoms. The summed E-state index contributed by atoms with van der Waals surface area (Å²) in [6.07, 6.45) is 0. The van der Waals surface area contributed by atoms with Gasteiger partial charge in [0, 0.05) is 0 Å². The Morgan fingerprint density at radius 2 is 0.458 bits per heavy atom. The first-order valence-corrected chi connectivity index (χ1v) is 30.2. The molecular formula is C48H34N6O12S6. The average Bonchev–Trinajstić information content (AvgIpc) is 3.41. The van der Waals surface area contributed by atoms with Crippen molar-refractivity contribution in [1.82, 2.24) is 19.9 Å². The van der Waals surface area contributed by atoms with Crippen LogP contribution in [-0.4, -0.2) is 81.2 Å². The first kappa shape index (κ1) is 48.2. The summed E-state index contributed by atoms with van der Waals surface area (Å²) in [7, 11) is -29.9. The summed E-state index contributed by atoms with van der Waals surface area (Å²) in [6, 6.07) is 39.7. The number of nitrogens with one attached hydrogen (secondary N) is 2. The minimum atomic E-state index is -5.05. The van der Waals surface area contributed by atoms with Gasteiger partial charge in [0.05, 0.1) is 40.7 Å². The van der Waals surface area contributed by atoms with Crippen LogP contribution in [-0.2, 0) is 59.0 Å². The molecule has 0 fully saturated rings. The second kappa shape index (κ2) is 17.7. The van der Waals surface area contributed by atoms with E-state index >= 15 is 0 Å². The number of fused-ring (bicyclic) bond motifs is 6. The second-order valence-corrected chi connectivity index (χ2v) is 27.5. The SMILES string of the molecule is O=S(=O)(c1ccccc1)c1nc2c3c(c4nc(S(=O)(=O)c5ccccc5)c(S(=O)(=O)c5ccccc5)nc4c2nc1S(=O)(=O)c1ccccc1)NC(S(=O)(=O)c1ccccc1)C(S(=O)(=O)c1ccccc1)N3. The minimum Gasteiger partial charge on any atom is -0.363 e. The van der Waals surface area contributed by atoms with Gasteiger partial charge in [0.1, 0.15) is 22.1 Å². The number of aromatic nitrogens is 4. The van der Waals surface area contributed by atoms with Crippen LogP contribution in [0.4, 0.5) is 11.4 Å². The van der Waals surface area contributed by atoms with E-state index in [-0.39, 0.29) is 9.79 Å². The molecule has 10 rings (SSSR count). The van der Waals surface area contributed by atoms with Gasteiger partial charge in [0.2, 0.25) is 59.0 Å². The highest BCUT2D eigenvalue weighted by molar-refractivity contribution is 7.96. The van der Waals surface area contributed by atoms with E-state index in [1.165, 1.54) is 133 Å². The molecule has 0 amide bonds. The monoisotopic (exact) mass is 1080 g/mol. The smallest absolute Gasteiger partial charge is 0.226 e. The van der Waals surface area contributed by atoms with Gasteiger partial charge in [-0.3, -0.25) is 0 Å². The number of hydrogen-bond donors (Lipinski definition) is 2. The van der Waals surface area contributed by atoms with Crippen molar-refractivity contribution in [2.24, 2.45) is 0 Å². The van der Waals surface area contributed by atoms with Gasteiger partial charge < -0.3 is 10.6 Å². The highest BCUT2D eigenvalue weighted by atomic mass is 32.2. The van der Waals surface area contributed by atoms with E-state index in [0.717, 1.165) is 48.5 Å². The highest BCUT2D eigenvalue weighted by Gasteiger charge is 2.48. The van der Waals surface area contributed by atoms with Gasteiger partial charge in [-0.2, -0.15) is 0 Å². The van der Waals surface area contributed by atoms with Crippen molar-refractivity contribution in [1.29, 1.82) is 0 Å². The van der Waals surface area contributed by atoms with E-state index in [1.807, 2.05) is 0 Å². The number of sulfone groups is 6. The molecule has 18 nitrogen and oxygen atoms in total. The molecule has 24 heteroatoms. The lowest BCUT2D eigenvalue weighted by molar-refractivity contribution is 0.564. The van der Waals surface area contributed by atoms with Crippen LogP contribution >= 0.6 is 0 Å². The molecule has 0 aliphatic carbocycles. The topological polar surface area (TPSA) is 280 Å². The predicted molar refractivity (Wildman–Crippen MR) is 262 cm³/mol. The number of anilines is 2. The molecule has 0 saturated heterocycles. The zero-order chi connectivity index (χ0) is 50.8. The van der Waals surface area contributed by atoms with Gasteiger partial charge in [-0.05, 0) is 72.8 Å². The Hall–Kier alpha value is -7.48. The molecule has 9 aromatic rings. The lowest BCUT2D eigenvalue weighted by Crippen LogP contribution is -2.52. The van der Waals surface area contributed by atoms with Crippen LogP contribution in [0.15, 0.2) is 231 Å². The molecule has 2 N–H and O–H groups in total. The van der Waals surface area contributed by atoms with Crippen LogP contribution in [0.3, 0.4) is 0 Å². The Labute approximate surface area is 413 Å². The number of benzene rings is 7. The Kier molecular flexibility index (Phi) is 11.8. The molecule has 0 radical (unpaired) electrons. The largest absolute Gasteiger partial charge is 0.363 e. The van der Waals surface area contributed by atoms with Crippen molar-refractivity contribution in [2.75, 3.05) is 10.6 Å². The second-order valence-electron chi connectivity index (χ2n) is 15.9. The minimum absolute atomic E-state index is 0.368. The van der Waals surface area contributed by atoms with Gasteiger partial charge in [0.15, 0.2) is 30.9 Å². The molecule has 364 valence electrons. The standard InChI is InChI=1S/C48H34N6O12S6/c55-67(56,31-19-7-1-8-20-31)43-44(68(57,58)32-21-9-2-10-22-32)50-38-37(49-43)39-41(53-46(70(61,62)34-25-13-4-14-26-34)45(51-39)69(59,60)33-23-11-3-12-24-33)42-40(38)52-47(71(63,64)35-27-15-5-16-28-35)48(54-42)72(65,66)36-29-17-6-18-30-36/h1-30,43-44,49-50H.